The quantitative estimate of drug-likeness (QED) is 0.115. The number of benzene rings is 8. The first kappa shape index (κ1) is 21.7. The first-order chi connectivity index (χ1) is 17.4. The Morgan fingerprint density at radius 2 is 1.11 bits per heavy atom. The average Bonchev–Trinajstić information content (AvgIpc) is 2.86. The normalized spacial score (nSPS) is 12.7. The zero-order valence-corrected chi connectivity index (χ0v) is 24.4. The number of hydrogen-bond acceptors (Lipinski definition) is 2. The number of hydrogen-bond donors (Lipinski definition) is 0. The third kappa shape index (κ3) is 2.42. The molecule has 0 amide bonds. The lowest BCUT2D eigenvalue weighted by atomic mass is 9.84. The molecule has 0 N–H and O–H groups in total. The highest BCUT2D eigenvalue weighted by Gasteiger charge is 2.26. The molecule has 8 aromatic rings. The molecule has 0 heterocycles. The van der Waals surface area contributed by atoms with E-state index in [1.807, 2.05) is 54.6 Å². The standard InChI is InChI=1S/C30H10Br4O2/c31-17-5-2-4-13-22(17)27-24-14(29(13)35)8-7-11-9-15-12-3-1-6-18(32)23(12)30(36)16-10-19(33)25(28(27)34)26(20(11)24)21(15)16/h1-10H. The second-order valence-electron chi connectivity index (χ2n) is 9.21. The van der Waals surface area contributed by atoms with E-state index in [4.69, 9.17) is 0 Å². The molecule has 0 aliphatic rings. The van der Waals surface area contributed by atoms with E-state index in [9.17, 15) is 9.59 Å². The van der Waals surface area contributed by atoms with Gasteiger partial charge in [-0.15, -0.1) is 0 Å². The molecule has 170 valence electrons. The minimum absolute atomic E-state index is 0.00330. The number of halogens is 4. The van der Waals surface area contributed by atoms with E-state index in [-0.39, 0.29) is 10.9 Å². The van der Waals surface area contributed by atoms with Crippen molar-refractivity contribution in [2.45, 2.75) is 0 Å². The lowest BCUT2D eigenvalue weighted by molar-refractivity contribution is 1.68. The first-order valence-electron chi connectivity index (χ1n) is 11.2. The SMILES string of the molecule is O=c1c2cccc(Br)c2c2c(Br)c3c(Br)cc4c(=O)c5c(Br)cccc5c5cc6ccc1c2c6c3c45. The van der Waals surface area contributed by atoms with E-state index in [2.05, 4.69) is 69.8 Å². The molecule has 0 aliphatic carbocycles. The van der Waals surface area contributed by atoms with Crippen molar-refractivity contribution in [1.29, 1.82) is 0 Å². The van der Waals surface area contributed by atoms with Gasteiger partial charge in [0.05, 0.1) is 0 Å². The van der Waals surface area contributed by atoms with Crippen molar-refractivity contribution in [2.75, 3.05) is 0 Å². The molecule has 0 fully saturated rings. The Kier molecular flexibility index (Phi) is 4.30. The van der Waals surface area contributed by atoms with Gasteiger partial charge in [-0.2, -0.15) is 0 Å². The van der Waals surface area contributed by atoms with Gasteiger partial charge >= 0.3 is 0 Å². The van der Waals surface area contributed by atoms with Crippen LogP contribution in [0.15, 0.2) is 88.1 Å². The Balaban J connectivity index is 1.85. The van der Waals surface area contributed by atoms with Crippen LogP contribution in [-0.2, 0) is 0 Å². The van der Waals surface area contributed by atoms with Crippen LogP contribution in [0, 0.1) is 0 Å². The molecule has 0 aliphatic heterocycles. The fourth-order valence-corrected chi connectivity index (χ4v) is 8.98. The Hall–Kier alpha value is -2.38. The van der Waals surface area contributed by atoms with Crippen molar-refractivity contribution in [3.05, 3.63) is 99.0 Å². The molecule has 0 saturated heterocycles. The van der Waals surface area contributed by atoms with Crippen molar-refractivity contribution < 1.29 is 0 Å². The van der Waals surface area contributed by atoms with E-state index in [0.717, 1.165) is 71.8 Å². The highest BCUT2D eigenvalue weighted by molar-refractivity contribution is 9.11. The maximum atomic E-state index is 13.8. The van der Waals surface area contributed by atoms with E-state index in [0.29, 0.717) is 21.5 Å². The van der Waals surface area contributed by atoms with Crippen LogP contribution >= 0.6 is 63.7 Å². The minimum atomic E-state index is -0.00330. The summed E-state index contributed by atoms with van der Waals surface area (Å²) in [6, 6.07) is 19.8. The predicted molar refractivity (Wildman–Crippen MR) is 166 cm³/mol. The highest BCUT2D eigenvalue weighted by Crippen LogP contribution is 2.51. The summed E-state index contributed by atoms with van der Waals surface area (Å²) in [5.41, 5.74) is 0.0111. The van der Waals surface area contributed by atoms with Crippen LogP contribution in [0.25, 0.3) is 75.4 Å². The predicted octanol–water partition coefficient (Wildman–Crippen LogP) is 9.84. The van der Waals surface area contributed by atoms with Gasteiger partial charge in [0.15, 0.2) is 10.9 Å². The Morgan fingerprint density at radius 1 is 0.417 bits per heavy atom. The zero-order chi connectivity index (χ0) is 24.6. The topological polar surface area (TPSA) is 34.1 Å². The van der Waals surface area contributed by atoms with E-state index >= 15 is 0 Å². The summed E-state index contributed by atoms with van der Waals surface area (Å²) < 4.78 is 3.42. The third-order valence-corrected chi connectivity index (χ3v) is 10.3. The Morgan fingerprint density at radius 3 is 1.89 bits per heavy atom. The van der Waals surface area contributed by atoms with Crippen LogP contribution in [0.3, 0.4) is 0 Å². The zero-order valence-electron chi connectivity index (χ0n) is 18.1. The average molecular weight is 722 g/mol. The molecule has 0 radical (unpaired) electrons. The van der Waals surface area contributed by atoms with Crippen molar-refractivity contribution in [3.63, 3.8) is 0 Å². The Bertz CT molecular complexity index is 2400. The van der Waals surface area contributed by atoms with Crippen molar-refractivity contribution in [1.82, 2.24) is 0 Å². The molecule has 0 aromatic heterocycles. The smallest absolute Gasteiger partial charge is 0.195 e. The molecule has 8 rings (SSSR count). The van der Waals surface area contributed by atoms with Crippen molar-refractivity contribution in [2.24, 2.45) is 0 Å². The molecule has 0 atom stereocenters. The summed E-state index contributed by atoms with van der Waals surface area (Å²) in [5, 5.41) is 12.5. The molecule has 8 aromatic carbocycles. The van der Waals surface area contributed by atoms with Crippen molar-refractivity contribution >= 4 is 139 Å². The van der Waals surface area contributed by atoms with Gasteiger partial charge in [-0.25, -0.2) is 0 Å². The highest BCUT2D eigenvalue weighted by atomic mass is 79.9. The van der Waals surface area contributed by atoms with Gasteiger partial charge < -0.3 is 0 Å². The molecule has 0 unspecified atom stereocenters. The van der Waals surface area contributed by atoms with Gasteiger partial charge in [0.2, 0.25) is 0 Å². The molecule has 0 saturated carbocycles. The van der Waals surface area contributed by atoms with Crippen LogP contribution in [0.4, 0.5) is 0 Å². The minimum Gasteiger partial charge on any atom is -0.289 e. The number of rotatable bonds is 0. The molecule has 0 spiro atoms. The lowest BCUT2D eigenvalue weighted by Crippen LogP contribution is -2.07. The van der Waals surface area contributed by atoms with Crippen LogP contribution in [0.5, 0.6) is 0 Å². The van der Waals surface area contributed by atoms with E-state index < -0.39 is 0 Å². The summed E-state index contributed by atoms with van der Waals surface area (Å²) in [4.78, 5) is 27.5. The van der Waals surface area contributed by atoms with E-state index in [1.54, 1.807) is 0 Å². The van der Waals surface area contributed by atoms with Crippen LogP contribution in [0.2, 0.25) is 0 Å². The molecular weight excluding hydrogens is 712 g/mol. The fourth-order valence-electron chi connectivity index (χ4n) is 6.17. The third-order valence-electron chi connectivity index (χ3n) is 7.55. The Labute approximate surface area is 236 Å². The number of fused-ring (bicyclic) bond motifs is 4. The van der Waals surface area contributed by atoms with E-state index in [1.165, 1.54) is 0 Å². The van der Waals surface area contributed by atoms with Gasteiger partial charge in [0.1, 0.15) is 0 Å². The van der Waals surface area contributed by atoms with Gasteiger partial charge in [-0.3, -0.25) is 9.59 Å². The summed E-state index contributed by atoms with van der Waals surface area (Å²) in [6.07, 6.45) is 0. The van der Waals surface area contributed by atoms with Crippen LogP contribution in [-0.4, -0.2) is 0 Å². The summed E-state index contributed by atoms with van der Waals surface area (Å²) in [6.45, 7) is 0. The molecule has 36 heavy (non-hydrogen) atoms. The maximum absolute atomic E-state index is 13.8. The largest absolute Gasteiger partial charge is 0.289 e. The van der Waals surface area contributed by atoms with Gasteiger partial charge in [-0.1, -0.05) is 78.1 Å². The second kappa shape index (κ2) is 7.13. The lowest BCUT2D eigenvalue weighted by Gasteiger charge is -2.21. The van der Waals surface area contributed by atoms with Crippen LogP contribution < -0.4 is 10.9 Å². The summed E-state index contributed by atoms with van der Waals surface area (Å²) in [7, 11) is 0. The summed E-state index contributed by atoms with van der Waals surface area (Å²) >= 11 is 15.1. The van der Waals surface area contributed by atoms with Crippen LogP contribution in [0.1, 0.15) is 0 Å². The molecular formula is C30H10Br4O2. The van der Waals surface area contributed by atoms with Gasteiger partial charge in [0, 0.05) is 71.8 Å². The van der Waals surface area contributed by atoms with Crippen molar-refractivity contribution in [3.8, 4) is 0 Å². The second-order valence-corrected chi connectivity index (χ2v) is 12.6. The van der Waals surface area contributed by atoms with Gasteiger partial charge in [0.25, 0.3) is 0 Å². The molecule has 0 bridgehead atoms. The maximum Gasteiger partial charge on any atom is 0.195 e. The molecule has 6 heteroatoms. The monoisotopic (exact) mass is 718 g/mol. The first-order valence-corrected chi connectivity index (χ1v) is 14.4. The summed E-state index contributed by atoms with van der Waals surface area (Å²) in [5.74, 6) is 0. The van der Waals surface area contributed by atoms with Gasteiger partial charge in [-0.05, 0) is 67.8 Å². The molecule has 2 nitrogen and oxygen atoms in total. The fraction of sp³-hybridized carbons (Fsp3) is 0.